The molecule has 0 saturated carbocycles. The van der Waals surface area contributed by atoms with Crippen LogP contribution in [0.25, 0.3) is 11.4 Å². The van der Waals surface area contributed by atoms with Crippen LogP contribution >= 0.6 is 0 Å². The third-order valence-electron chi connectivity index (χ3n) is 4.95. The first-order valence-corrected chi connectivity index (χ1v) is 9.12. The number of benzene rings is 1. The van der Waals surface area contributed by atoms with Gasteiger partial charge < -0.3 is 14.6 Å². The lowest BCUT2D eigenvalue weighted by Gasteiger charge is -2.37. The number of aromatic amines is 1. The third-order valence-corrected chi connectivity index (χ3v) is 4.95. The Kier molecular flexibility index (Phi) is 5.08. The van der Waals surface area contributed by atoms with Crippen molar-refractivity contribution in [2.45, 2.75) is 12.8 Å². The first kappa shape index (κ1) is 18.2. The van der Waals surface area contributed by atoms with Crippen molar-refractivity contribution in [2.24, 2.45) is 5.41 Å². The largest absolute Gasteiger partial charge is 0.492 e. The van der Waals surface area contributed by atoms with Crippen LogP contribution in [0.1, 0.15) is 11.1 Å². The van der Waals surface area contributed by atoms with Gasteiger partial charge in [0.15, 0.2) is 0 Å². The summed E-state index contributed by atoms with van der Waals surface area (Å²) in [5.74, 6) is -0.0725. The Labute approximate surface area is 162 Å². The van der Waals surface area contributed by atoms with Crippen LogP contribution in [0.5, 0.6) is 5.75 Å². The van der Waals surface area contributed by atoms with Crippen LogP contribution in [0.2, 0.25) is 0 Å². The molecule has 144 valence electrons. The Morgan fingerprint density at radius 3 is 2.50 bits per heavy atom. The Hall–Kier alpha value is -3.19. The Balaban J connectivity index is 1.28. The second kappa shape index (κ2) is 7.82. The molecule has 0 amide bonds. The van der Waals surface area contributed by atoms with Crippen molar-refractivity contribution in [1.29, 1.82) is 0 Å². The number of hydrogen-bond acceptors (Lipinski definition) is 5. The minimum atomic E-state index is -0.789. The molecule has 0 unspecified atom stereocenters. The molecule has 1 fully saturated rings. The smallest absolute Gasteiger partial charge is 0.314 e. The van der Waals surface area contributed by atoms with E-state index in [1.165, 1.54) is 0 Å². The maximum atomic E-state index is 11.4. The van der Waals surface area contributed by atoms with Crippen molar-refractivity contribution < 1.29 is 19.4 Å². The molecular formula is C21H21N3O4. The average Bonchev–Trinajstić information content (AvgIpc) is 3.21. The summed E-state index contributed by atoms with van der Waals surface area (Å²) in [5, 5.41) is 16.2. The molecule has 2 N–H and O–H groups in total. The van der Waals surface area contributed by atoms with Crippen LogP contribution in [-0.2, 0) is 22.4 Å². The predicted molar refractivity (Wildman–Crippen MR) is 102 cm³/mol. The third kappa shape index (κ3) is 3.89. The van der Waals surface area contributed by atoms with Gasteiger partial charge in [0.25, 0.3) is 0 Å². The van der Waals surface area contributed by atoms with Crippen LogP contribution in [0.4, 0.5) is 0 Å². The van der Waals surface area contributed by atoms with E-state index >= 15 is 0 Å². The molecule has 7 heteroatoms. The van der Waals surface area contributed by atoms with Crippen molar-refractivity contribution in [2.75, 3.05) is 19.8 Å². The van der Waals surface area contributed by atoms with E-state index in [2.05, 4.69) is 15.2 Å². The number of nitrogens with zero attached hydrogens (tertiary/aromatic N) is 2. The van der Waals surface area contributed by atoms with E-state index in [-0.39, 0.29) is 13.2 Å². The molecule has 2 aromatic heterocycles. The number of aliphatic carboxylic acids is 1. The molecule has 1 aliphatic rings. The zero-order valence-corrected chi connectivity index (χ0v) is 15.3. The minimum Gasteiger partial charge on any atom is -0.492 e. The van der Waals surface area contributed by atoms with Gasteiger partial charge in [0.2, 0.25) is 0 Å². The number of nitrogens with one attached hydrogen (secondary N) is 1. The Morgan fingerprint density at radius 2 is 1.93 bits per heavy atom. The van der Waals surface area contributed by atoms with E-state index in [9.17, 15) is 9.90 Å². The summed E-state index contributed by atoms with van der Waals surface area (Å²) < 4.78 is 10.9. The second-order valence-electron chi connectivity index (χ2n) is 7.02. The van der Waals surface area contributed by atoms with Crippen LogP contribution in [0.15, 0.2) is 54.9 Å². The molecule has 0 aliphatic carbocycles. The second-order valence-corrected chi connectivity index (χ2v) is 7.02. The maximum absolute atomic E-state index is 11.4. The SMILES string of the molecule is O=C(O)C1(Cc2ccc(CCOc3ccc(-c4ccn[nH]4)nc3)cc2)COC1. The molecule has 3 heterocycles. The van der Waals surface area contributed by atoms with E-state index in [0.29, 0.717) is 18.8 Å². The summed E-state index contributed by atoms with van der Waals surface area (Å²) in [6.45, 7) is 1.10. The molecule has 3 aromatic rings. The van der Waals surface area contributed by atoms with E-state index < -0.39 is 11.4 Å². The summed E-state index contributed by atoms with van der Waals surface area (Å²) in [6.07, 6.45) is 4.64. The van der Waals surface area contributed by atoms with Gasteiger partial charge in [-0.3, -0.25) is 14.9 Å². The molecule has 0 spiro atoms. The minimum absolute atomic E-state index is 0.283. The first-order chi connectivity index (χ1) is 13.6. The van der Waals surface area contributed by atoms with E-state index in [4.69, 9.17) is 9.47 Å². The topological polar surface area (TPSA) is 97.3 Å². The van der Waals surface area contributed by atoms with E-state index in [0.717, 1.165) is 28.9 Å². The molecule has 4 rings (SSSR count). The quantitative estimate of drug-likeness (QED) is 0.625. The Bertz CT molecular complexity index is 917. The summed E-state index contributed by atoms with van der Waals surface area (Å²) in [6, 6.07) is 13.7. The molecule has 0 atom stereocenters. The molecular weight excluding hydrogens is 358 g/mol. The summed E-state index contributed by atoms with van der Waals surface area (Å²) in [7, 11) is 0. The van der Waals surface area contributed by atoms with E-state index in [1.54, 1.807) is 12.4 Å². The standard InChI is InChI=1S/C21H21N3O4/c25-20(26)21(13-27-14-21)11-16-3-1-15(2-4-16)8-10-28-17-5-6-18(22-12-17)19-7-9-23-24-19/h1-7,9,12H,8,10-11,13-14H2,(H,23,24)(H,25,26). The Morgan fingerprint density at radius 1 is 1.14 bits per heavy atom. The fourth-order valence-electron chi connectivity index (χ4n) is 3.17. The zero-order chi connectivity index (χ0) is 19.4. The normalized spacial score (nSPS) is 15.0. The number of carbonyl (C=O) groups is 1. The van der Waals surface area contributed by atoms with Crippen molar-refractivity contribution in [3.63, 3.8) is 0 Å². The lowest BCUT2D eigenvalue weighted by atomic mass is 9.80. The van der Waals surface area contributed by atoms with Gasteiger partial charge in [-0.15, -0.1) is 0 Å². The number of aromatic nitrogens is 3. The summed E-state index contributed by atoms with van der Waals surface area (Å²) in [5.41, 5.74) is 3.06. The number of carboxylic acids is 1. The lowest BCUT2D eigenvalue weighted by Crippen LogP contribution is -2.50. The van der Waals surface area contributed by atoms with Crippen molar-refractivity contribution >= 4 is 5.97 Å². The van der Waals surface area contributed by atoms with Crippen molar-refractivity contribution in [1.82, 2.24) is 15.2 Å². The zero-order valence-electron chi connectivity index (χ0n) is 15.3. The van der Waals surface area contributed by atoms with Gasteiger partial charge in [0, 0.05) is 12.6 Å². The number of pyridine rings is 1. The average molecular weight is 379 g/mol. The van der Waals surface area contributed by atoms with Crippen molar-refractivity contribution in [3.05, 3.63) is 66.0 Å². The molecule has 28 heavy (non-hydrogen) atoms. The monoisotopic (exact) mass is 379 g/mol. The molecule has 0 bridgehead atoms. The van der Waals surface area contributed by atoms with Crippen LogP contribution in [0.3, 0.4) is 0 Å². The van der Waals surface area contributed by atoms with Gasteiger partial charge in [0.1, 0.15) is 11.2 Å². The number of carboxylic acid groups (broad SMARTS) is 1. The fraction of sp³-hybridized carbons (Fsp3) is 0.286. The van der Waals surface area contributed by atoms with Crippen LogP contribution in [-0.4, -0.2) is 46.1 Å². The number of H-pyrrole nitrogens is 1. The highest BCUT2D eigenvalue weighted by molar-refractivity contribution is 5.76. The van der Waals surface area contributed by atoms with Gasteiger partial charge in [-0.25, -0.2) is 0 Å². The van der Waals surface area contributed by atoms with Crippen molar-refractivity contribution in [3.8, 4) is 17.1 Å². The molecule has 1 aromatic carbocycles. The fourth-order valence-corrected chi connectivity index (χ4v) is 3.17. The summed E-state index contributed by atoms with van der Waals surface area (Å²) >= 11 is 0. The number of rotatable bonds is 8. The van der Waals surface area contributed by atoms with Gasteiger partial charge in [-0.05, 0) is 35.7 Å². The number of hydrogen-bond donors (Lipinski definition) is 2. The van der Waals surface area contributed by atoms with Gasteiger partial charge >= 0.3 is 5.97 Å². The maximum Gasteiger partial charge on any atom is 0.314 e. The first-order valence-electron chi connectivity index (χ1n) is 9.12. The van der Waals surface area contributed by atoms with Crippen LogP contribution in [0, 0.1) is 5.41 Å². The predicted octanol–water partition coefficient (Wildman–Crippen LogP) is 2.74. The highest BCUT2D eigenvalue weighted by Gasteiger charge is 2.46. The highest BCUT2D eigenvalue weighted by atomic mass is 16.5. The van der Waals surface area contributed by atoms with E-state index in [1.807, 2.05) is 42.5 Å². The van der Waals surface area contributed by atoms with Crippen LogP contribution < -0.4 is 4.74 Å². The van der Waals surface area contributed by atoms with Gasteiger partial charge in [-0.1, -0.05) is 24.3 Å². The molecule has 1 saturated heterocycles. The van der Waals surface area contributed by atoms with Gasteiger partial charge in [0.05, 0.1) is 37.4 Å². The molecule has 0 radical (unpaired) electrons. The number of ether oxygens (including phenoxy) is 2. The van der Waals surface area contributed by atoms with Gasteiger partial charge in [-0.2, -0.15) is 5.10 Å². The lowest BCUT2D eigenvalue weighted by molar-refractivity contribution is -0.179. The molecule has 7 nitrogen and oxygen atoms in total. The summed E-state index contributed by atoms with van der Waals surface area (Å²) in [4.78, 5) is 15.8. The molecule has 1 aliphatic heterocycles. The highest BCUT2D eigenvalue weighted by Crippen LogP contribution is 2.32.